The second-order valence-corrected chi connectivity index (χ2v) is 7.79. The van der Waals surface area contributed by atoms with Crippen molar-refractivity contribution in [2.45, 2.75) is 46.2 Å². The monoisotopic (exact) mass is 316 g/mol. The van der Waals surface area contributed by atoms with Gasteiger partial charge in [-0.1, -0.05) is 0 Å². The minimum absolute atomic E-state index is 0.0596. The van der Waals surface area contributed by atoms with Crippen LogP contribution in [-0.2, 0) is 9.84 Å². The number of sulfone groups is 1. The van der Waals surface area contributed by atoms with E-state index in [1.165, 1.54) is 6.26 Å². The molecule has 0 radical (unpaired) electrons. The first kappa shape index (κ1) is 17.6. The third-order valence-corrected chi connectivity index (χ3v) is 4.17. The Morgan fingerprint density at radius 3 is 2.38 bits per heavy atom. The summed E-state index contributed by atoms with van der Waals surface area (Å²) in [7, 11) is -3.01. The van der Waals surface area contributed by atoms with E-state index in [1.54, 1.807) is 6.92 Å². The van der Waals surface area contributed by atoms with Crippen molar-refractivity contribution in [3.63, 3.8) is 0 Å². The lowest BCUT2D eigenvalue weighted by molar-refractivity contribution is 0.234. The number of amides is 2. The topological polar surface area (TPSA) is 88.4 Å². The van der Waals surface area contributed by atoms with Crippen LogP contribution in [0.5, 0.6) is 0 Å². The van der Waals surface area contributed by atoms with Gasteiger partial charge in [-0.2, -0.15) is 0 Å². The SMILES string of the molecule is Cc1cc([C@H](C)NC(=O)N[C@H](C)CCS(C)(=O)=O)c(C)o1. The van der Waals surface area contributed by atoms with Crippen molar-refractivity contribution < 1.29 is 17.6 Å². The molecule has 0 spiro atoms. The van der Waals surface area contributed by atoms with Crippen molar-refractivity contribution in [2.75, 3.05) is 12.0 Å². The zero-order valence-electron chi connectivity index (χ0n) is 13.2. The molecule has 0 aliphatic heterocycles. The third-order valence-electron chi connectivity index (χ3n) is 3.19. The van der Waals surface area contributed by atoms with Crippen LogP contribution in [0.15, 0.2) is 10.5 Å². The first-order valence-corrected chi connectivity index (χ1v) is 8.96. The number of carbonyl (C=O) groups excluding carboxylic acids is 1. The van der Waals surface area contributed by atoms with Gasteiger partial charge in [-0.25, -0.2) is 13.2 Å². The Labute approximate surface area is 126 Å². The molecule has 120 valence electrons. The van der Waals surface area contributed by atoms with Crippen molar-refractivity contribution in [3.05, 3.63) is 23.2 Å². The van der Waals surface area contributed by atoms with Crippen LogP contribution >= 0.6 is 0 Å². The van der Waals surface area contributed by atoms with E-state index < -0.39 is 9.84 Å². The summed E-state index contributed by atoms with van der Waals surface area (Å²) in [6.45, 7) is 7.37. The fourth-order valence-electron chi connectivity index (χ4n) is 2.08. The highest BCUT2D eigenvalue weighted by molar-refractivity contribution is 7.90. The van der Waals surface area contributed by atoms with E-state index in [0.29, 0.717) is 6.42 Å². The molecule has 6 nitrogen and oxygen atoms in total. The highest BCUT2D eigenvalue weighted by Crippen LogP contribution is 2.20. The van der Waals surface area contributed by atoms with Gasteiger partial charge in [0.2, 0.25) is 0 Å². The molecule has 2 N–H and O–H groups in total. The van der Waals surface area contributed by atoms with E-state index in [-0.39, 0.29) is 23.9 Å². The van der Waals surface area contributed by atoms with Gasteiger partial charge in [0.25, 0.3) is 0 Å². The lowest BCUT2D eigenvalue weighted by Gasteiger charge is -2.17. The van der Waals surface area contributed by atoms with Gasteiger partial charge in [0.05, 0.1) is 11.8 Å². The first-order valence-electron chi connectivity index (χ1n) is 6.90. The lowest BCUT2D eigenvalue weighted by Crippen LogP contribution is -2.42. The van der Waals surface area contributed by atoms with Crippen LogP contribution in [0.25, 0.3) is 0 Å². The molecule has 0 aromatic carbocycles. The molecule has 0 saturated carbocycles. The summed E-state index contributed by atoms with van der Waals surface area (Å²) in [6.07, 6.45) is 1.58. The predicted molar refractivity (Wildman–Crippen MR) is 82.1 cm³/mol. The largest absolute Gasteiger partial charge is 0.466 e. The maximum absolute atomic E-state index is 11.9. The van der Waals surface area contributed by atoms with E-state index >= 15 is 0 Å². The zero-order valence-corrected chi connectivity index (χ0v) is 14.0. The maximum Gasteiger partial charge on any atom is 0.315 e. The van der Waals surface area contributed by atoms with Crippen molar-refractivity contribution in [1.82, 2.24) is 10.6 Å². The molecule has 7 heteroatoms. The van der Waals surface area contributed by atoms with E-state index in [2.05, 4.69) is 10.6 Å². The van der Waals surface area contributed by atoms with E-state index in [0.717, 1.165) is 17.1 Å². The Bertz CT molecular complexity index is 592. The Morgan fingerprint density at radius 2 is 1.90 bits per heavy atom. The first-order chi connectivity index (χ1) is 9.58. The molecule has 0 bridgehead atoms. The van der Waals surface area contributed by atoms with Gasteiger partial charge in [0.1, 0.15) is 21.4 Å². The number of nitrogens with one attached hydrogen (secondary N) is 2. The van der Waals surface area contributed by atoms with Crippen LogP contribution < -0.4 is 10.6 Å². The number of urea groups is 1. The summed E-state index contributed by atoms with van der Waals surface area (Å²) in [5, 5.41) is 5.55. The third kappa shape index (κ3) is 6.20. The van der Waals surface area contributed by atoms with Gasteiger partial charge in [0, 0.05) is 17.9 Å². The molecule has 0 fully saturated rings. The second-order valence-electron chi connectivity index (χ2n) is 5.53. The second kappa shape index (κ2) is 6.98. The maximum atomic E-state index is 11.9. The molecule has 1 rings (SSSR count). The Morgan fingerprint density at radius 1 is 1.29 bits per heavy atom. The normalized spacial score (nSPS) is 14.5. The molecule has 0 saturated heterocycles. The highest BCUT2D eigenvalue weighted by Gasteiger charge is 2.16. The van der Waals surface area contributed by atoms with Crippen LogP contribution in [0, 0.1) is 13.8 Å². The van der Waals surface area contributed by atoms with E-state index in [4.69, 9.17) is 4.42 Å². The molecular formula is C14H24N2O4S. The Balaban J connectivity index is 2.48. The van der Waals surface area contributed by atoms with E-state index in [1.807, 2.05) is 26.8 Å². The smallest absolute Gasteiger partial charge is 0.315 e. The molecule has 0 aliphatic carbocycles. The molecule has 2 atom stereocenters. The van der Waals surface area contributed by atoms with Crippen LogP contribution in [0.2, 0.25) is 0 Å². The molecule has 0 unspecified atom stereocenters. The molecule has 1 heterocycles. The zero-order chi connectivity index (χ0) is 16.2. The van der Waals surface area contributed by atoms with Gasteiger partial charge < -0.3 is 15.1 Å². The molecule has 2 amide bonds. The number of carbonyl (C=O) groups is 1. The standard InChI is InChI=1S/C14H24N2O4S/c1-9(6-7-21(5,18)19)15-14(17)16-11(3)13-8-10(2)20-12(13)4/h8-9,11H,6-7H2,1-5H3,(H2,15,16,17)/t9-,11+/m1/s1. The van der Waals surface area contributed by atoms with Gasteiger partial charge in [-0.3, -0.25) is 0 Å². The average molecular weight is 316 g/mol. The fraction of sp³-hybridized carbons (Fsp3) is 0.643. The molecule has 1 aromatic rings. The molecule has 1 aromatic heterocycles. The number of hydrogen-bond acceptors (Lipinski definition) is 4. The van der Waals surface area contributed by atoms with Crippen LogP contribution in [0.3, 0.4) is 0 Å². The van der Waals surface area contributed by atoms with Gasteiger partial charge >= 0.3 is 6.03 Å². The van der Waals surface area contributed by atoms with Gasteiger partial charge in [-0.15, -0.1) is 0 Å². The average Bonchev–Trinajstić information content (AvgIpc) is 2.65. The minimum Gasteiger partial charge on any atom is -0.466 e. The summed E-state index contributed by atoms with van der Waals surface area (Å²) in [5.41, 5.74) is 0.937. The summed E-state index contributed by atoms with van der Waals surface area (Å²) in [4.78, 5) is 11.9. The fourth-order valence-corrected chi connectivity index (χ4v) is 2.86. The van der Waals surface area contributed by atoms with Crippen molar-refractivity contribution in [3.8, 4) is 0 Å². The summed E-state index contributed by atoms with van der Waals surface area (Å²) < 4.78 is 27.6. The Kier molecular flexibility index (Phi) is 5.83. The van der Waals surface area contributed by atoms with Crippen molar-refractivity contribution in [1.29, 1.82) is 0 Å². The lowest BCUT2D eigenvalue weighted by atomic mass is 10.1. The quantitative estimate of drug-likeness (QED) is 0.841. The predicted octanol–water partition coefficient (Wildman–Crippen LogP) is 2.08. The number of furan rings is 1. The number of rotatable bonds is 6. The molecule has 0 aliphatic rings. The summed E-state index contributed by atoms with van der Waals surface area (Å²) in [5.74, 6) is 1.65. The van der Waals surface area contributed by atoms with Crippen molar-refractivity contribution >= 4 is 15.9 Å². The van der Waals surface area contributed by atoms with Crippen LogP contribution in [-0.4, -0.2) is 32.5 Å². The van der Waals surface area contributed by atoms with Gasteiger partial charge in [-0.05, 0) is 40.2 Å². The number of aryl methyl sites for hydroxylation is 2. The Hall–Kier alpha value is -1.50. The van der Waals surface area contributed by atoms with Crippen LogP contribution in [0.4, 0.5) is 4.79 Å². The highest BCUT2D eigenvalue weighted by atomic mass is 32.2. The molecule has 21 heavy (non-hydrogen) atoms. The van der Waals surface area contributed by atoms with Crippen LogP contribution in [0.1, 0.15) is 43.4 Å². The van der Waals surface area contributed by atoms with Crippen molar-refractivity contribution in [2.24, 2.45) is 0 Å². The van der Waals surface area contributed by atoms with E-state index in [9.17, 15) is 13.2 Å². The minimum atomic E-state index is -3.01. The number of hydrogen-bond donors (Lipinski definition) is 2. The molecular weight excluding hydrogens is 292 g/mol. The summed E-state index contributed by atoms with van der Waals surface area (Å²) in [6, 6.07) is 1.19. The summed E-state index contributed by atoms with van der Waals surface area (Å²) >= 11 is 0. The van der Waals surface area contributed by atoms with Gasteiger partial charge in [0.15, 0.2) is 0 Å².